The summed E-state index contributed by atoms with van der Waals surface area (Å²) in [5.41, 5.74) is 1.20. The molecule has 2 rings (SSSR count). The van der Waals surface area contributed by atoms with E-state index in [0.717, 1.165) is 13.0 Å². The zero-order chi connectivity index (χ0) is 13.9. The van der Waals surface area contributed by atoms with Gasteiger partial charge in [-0.05, 0) is 43.7 Å². The summed E-state index contributed by atoms with van der Waals surface area (Å²) in [6.07, 6.45) is 0.814. The van der Waals surface area contributed by atoms with E-state index in [0.29, 0.717) is 30.8 Å². The van der Waals surface area contributed by atoms with Crippen molar-refractivity contribution in [3.63, 3.8) is 0 Å². The third kappa shape index (κ3) is 2.95. The first-order valence-electron chi connectivity index (χ1n) is 6.27. The van der Waals surface area contributed by atoms with Gasteiger partial charge >= 0.3 is 0 Å². The highest BCUT2D eigenvalue weighted by atomic mass is 32.2. The van der Waals surface area contributed by atoms with E-state index in [4.69, 9.17) is 5.26 Å². The molecule has 1 aromatic rings. The zero-order valence-electron chi connectivity index (χ0n) is 10.9. The highest BCUT2D eigenvalue weighted by molar-refractivity contribution is 7.89. The normalized spacial score (nSPS) is 17.7. The average Bonchev–Trinajstić information content (AvgIpc) is 2.67. The van der Waals surface area contributed by atoms with Crippen molar-refractivity contribution in [2.24, 2.45) is 0 Å². The molecule has 0 aliphatic carbocycles. The molecule has 1 aromatic carbocycles. The highest BCUT2D eigenvalue weighted by Crippen LogP contribution is 2.19. The van der Waals surface area contributed by atoms with Gasteiger partial charge in [0, 0.05) is 19.6 Å². The SMILES string of the molecule is Cc1cc(S(=O)(=O)N2CCCNCC2)ccc1C#N. The van der Waals surface area contributed by atoms with Crippen molar-refractivity contribution in [1.82, 2.24) is 9.62 Å². The van der Waals surface area contributed by atoms with Gasteiger partial charge in [-0.2, -0.15) is 9.57 Å². The maximum Gasteiger partial charge on any atom is 0.243 e. The summed E-state index contributed by atoms with van der Waals surface area (Å²) in [5, 5.41) is 12.1. The van der Waals surface area contributed by atoms with Crippen LogP contribution in [0.1, 0.15) is 17.5 Å². The summed E-state index contributed by atoms with van der Waals surface area (Å²) < 4.78 is 26.5. The van der Waals surface area contributed by atoms with Crippen molar-refractivity contribution in [2.75, 3.05) is 26.2 Å². The minimum atomic E-state index is -3.45. The Labute approximate surface area is 113 Å². The fourth-order valence-corrected chi connectivity index (χ4v) is 3.70. The fraction of sp³-hybridized carbons (Fsp3) is 0.462. The molecule has 1 saturated heterocycles. The van der Waals surface area contributed by atoms with Gasteiger partial charge in [0.05, 0.1) is 16.5 Å². The predicted octanol–water partition coefficient (Wildman–Crippen LogP) is 0.851. The van der Waals surface area contributed by atoms with Crippen molar-refractivity contribution in [3.8, 4) is 6.07 Å². The van der Waals surface area contributed by atoms with Crippen LogP contribution in [-0.2, 0) is 10.0 Å². The highest BCUT2D eigenvalue weighted by Gasteiger charge is 2.25. The van der Waals surface area contributed by atoms with Gasteiger partial charge < -0.3 is 5.32 Å². The third-order valence-electron chi connectivity index (χ3n) is 3.26. The molecule has 0 atom stereocenters. The number of aryl methyl sites for hydroxylation is 1. The van der Waals surface area contributed by atoms with Gasteiger partial charge in [0.15, 0.2) is 0 Å². The van der Waals surface area contributed by atoms with E-state index in [1.807, 2.05) is 6.07 Å². The lowest BCUT2D eigenvalue weighted by Gasteiger charge is -2.19. The minimum Gasteiger partial charge on any atom is -0.315 e. The minimum absolute atomic E-state index is 0.269. The molecule has 1 heterocycles. The molecule has 6 heteroatoms. The first-order chi connectivity index (χ1) is 9.05. The maximum atomic E-state index is 12.5. The Hall–Kier alpha value is -1.42. The average molecular weight is 279 g/mol. The number of nitriles is 1. The number of benzene rings is 1. The van der Waals surface area contributed by atoms with Crippen molar-refractivity contribution >= 4 is 10.0 Å². The topological polar surface area (TPSA) is 73.2 Å². The van der Waals surface area contributed by atoms with Gasteiger partial charge in [-0.3, -0.25) is 0 Å². The van der Waals surface area contributed by atoms with Crippen LogP contribution in [0.15, 0.2) is 23.1 Å². The second-order valence-electron chi connectivity index (χ2n) is 4.60. The molecule has 1 N–H and O–H groups in total. The van der Waals surface area contributed by atoms with Gasteiger partial charge in [0.25, 0.3) is 0 Å². The zero-order valence-corrected chi connectivity index (χ0v) is 11.7. The number of nitrogens with zero attached hydrogens (tertiary/aromatic N) is 2. The lowest BCUT2D eigenvalue weighted by atomic mass is 10.1. The van der Waals surface area contributed by atoms with E-state index in [9.17, 15) is 8.42 Å². The molecule has 0 unspecified atom stereocenters. The predicted molar refractivity (Wildman–Crippen MR) is 72.1 cm³/mol. The molecule has 1 aliphatic heterocycles. The molecule has 0 spiro atoms. The summed E-state index contributed by atoms with van der Waals surface area (Å²) in [6, 6.07) is 6.70. The Morgan fingerprint density at radius 2 is 2.11 bits per heavy atom. The van der Waals surface area contributed by atoms with Gasteiger partial charge in [-0.15, -0.1) is 0 Å². The molecule has 5 nitrogen and oxygen atoms in total. The number of rotatable bonds is 2. The summed E-state index contributed by atoms with van der Waals surface area (Å²) in [7, 11) is -3.45. The molecule has 0 bridgehead atoms. The maximum absolute atomic E-state index is 12.5. The van der Waals surface area contributed by atoms with E-state index in [1.165, 1.54) is 10.4 Å². The van der Waals surface area contributed by atoms with Crippen molar-refractivity contribution in [2.45, 2.75) is 18.2 Å². The Balaban J connectivity index is 2.33. The van der Waals surface area contributed by atoms with Crippen LogP contribution in [-0.4, -0.2) is 38.9 Å². The van der Waals surface area contributed by atoms with Crippen molar-refractivity contribution in [3.05, 3.63) is 29.3 Å². The molecule has 1 aliphatic rings. The van der Waals surface area contributed by atoms with Crippen LogP contribution < -0.4 is 5.32 Å². The van der Waals surface area contributed by atoms with E-state index in [1.54, 1.807) is 19.1 Å². The Morgan fingerprint density at radius 3 is 2.79 bits per heavy atom. The number of hydrogen-bond acceptors (Lipinski definition) is 4. The monoisotopic (exact) mass is 279 g/mol. The van der Waals surface area contributed by atoms with Gasteiger partial charge in [-0.25, -0.2) is 8.42 Å². The Morgan fingerprint density at radius 1 is 1.32 bits per heavy atom. The van der Waals surface area contributed by atoms with E-state index < -0.39 is 10.0 Å². The van der Waals surface area contributed by atoms with E-state index in [2.05, 4.69) is 5.32 Å². The van der Waals surface area contributed by atoms with Crippen LogP contribution in [0.3, 0.4) is 0 Å². The first-order valence-corrected chi connectivity index (χ1v) is 7.71. The number of nitrogens with one attached hydrogen (secondary N) is 1. The molecule has 0 saturated carbocycles. The number of sulfonamides is 1. The lowest BCUT2D eigenvalue weighted by Crippen LogP contribution is -2.34. The van der Waals surface area contributed by atoms with Crippen LogP contribution in [0.5, 0.6) is 0 Å². The largest absolute Gasteiger partial charge is 0.315 e. The summed E-state index contributed by atoms with van der Waals surface area (Å²) in [6.45, 7) is 4.30. The summed E-state index contributed by atoms with van der Waals surface area (Å²) >= 11 is 0. The number of hydrogen-bond donors (Lipinski definition) is 1. The molecular formula is C13H17N3O2S. The molecule has 19 heavy (non-hydrogen) atoms. The van der Waals surface area contributed by atoms with Gasteiger partial charge in [0.2, 0.25) is 10.0 Å². The first kappa shape index (κ1) is 14.0. The van der Waals surface area contributed by atoms with E-state index in [-0.39, 0.29) is 4.90 Å². The second-order valence-corrected chi connectivity index (χ2v) is 6.53. The molecule has 0 amide bonds. The Kier molecular flexibility index (Phi) is 4.20. The van der Waals surface area contributed by atoms with Crippen LogP contribution in [0.25, 0.3) is 0 Å². The van der Waals surface area contributed by atoms with Crippen LogP contribution >= 0.6 is 0 Å². The quantitative estimate of drug-likeness (QED) is 0.871. The van der Waals surface area contributed by atoms with Crippen LogP contribution in [0.2, 0.25) is 0 Å². The fourth-order valence-electron chi connectivity index (χ4n) is 2.13. The van der Waals surface area contributed by atoms with E-state index >= 15 is 0 Å². The van der Waals surface area contributed by atoms with Gasteiger partial charge in [0.1, 0.15) is 0 Å². The molecule has 102 valence electrons. The van der Waals surface area contributed by atoms with Gasteiger partial charge in [-0.1, -0.05) is 0 Å². The second kappa shape index (κ2) is 5.70. The third-order valence-corrected chi connectivity index (χ3v) is 5.15. The van der Waals surface area contributed by atoms with Crippen LogP contribution in [0, 0.1) is 18.3 Å². The molecular weight excluding hydrogens is 262 g/mol. The molecule has 0 radical (unpaired) electrons. The standard InChI is InChI=1S/C13H17N3O2S/c1-11-9-13(4-3-12(11)10-14)19(17,18)16-7-2-5-15-6-8-16/h3-4,9,15H,2,5-8H2,1H3. The van der Waals surface area contributed by atoms with Crippen molar-refractivity contribution < 1.29 is 8.42 Å². The smallest absolute Gasteiger partial charge is 0.243 e. The molecule has 1 fully saturated rings. The molecule has 0 aromatic heterocycles. The van der Waals surface area contributed by atoms with Crippen LogP contribution in [0.4, 0.5) is 0 Å². The lowest BCUT2D eigenvalue weighted by molar-refractivity contribution is 0.432. The van der Waals surface area contributed by atoms with Crippen molar-refractivity contribution in [1.29, 1.82) is 5.26 Å². The summed E-state index contributed by atoms with van der Waals surface area (Å²) in [4.78, 5) is 0.269. The summed E-state index contributed by atoms with van der Waals surface area (Å²) in [5.74, 6) is 0. The Bertz CT molecular complexity index is 597.